The molecule has 0 aromatic carbocycles. The third kappa shape index (κ3) is 1.26. The van der Waals surface area contributed by atoms with Gasteiger partial charge in [0.1, 0.15) is 0 Å². The number of amides is 1. The predicted octanol–water partition coefficient (Wildman–Crippen LogP) is 1.57. The molecule has 2 nitrogen and oxygen atoms in total. The molecule has 1 amide bonds. The molecule has 1 aliphatic carbocycles. The summed E-state index contributed by atoms with van der Waals surface area (Å²) in [6, 6.07) is 0.506. The zero-order valence-corrected chi connectivity index (χ0v) is 7.49. The lowest BCUT2D eigenvalue weighted by Gasteiger charge is -2.40. The number of likely N-dealkylation sites (tertiary alicyclic amines) is 1. The van der Waals surface area contributed by atoms with Gasteiger partial charge in [0.05, 0.1) is 0 Å². The van der Waals surface area contributed by atoms with Gasteiger partial charge in [0.25, 0.3) is 0 Å². The van der Waals surface area contributed by atoms with Crippen LogP contribution in [0.4, 0.5) is 0 Å². The summed E-state index contributed by atoms with van der Waals surface area (Å²) < 4.78 is 0. The number of hydrogen-bond acceptors (Lipinski definition) is 1. The Labute approximate surface area is 73.2 Å². The van der Waals surface area contributed by atoms with Crippen molar-refractivity contribution in [3.63, 3.8) is 0 Å². The maximum absolute atomic E-state index is 11.2. The second-order valence-corrected chi connectivity index (χ2v) is 3.81. The van der Waals surface area contributed by atoms with Crippen LogP contribution in [0, 0.1) is 5.92 Å². The summed E-state index contributed by atoms with van der Waals surface area (Å²) in [6.45, 7) is 2.65. The molecule has 2 bridgehead atoms. The molecule has 2 atom stereocenters. The summed E-state index contributed by atoms with van der Waals surface area (Å²) in [6.07, 6.45) is 7.96. The van der Waals surface area contributed by atoms with Crippen LogP contribution in [0.5, 0.6) is 0 Å². The van der Waals surface area contributed by atoms with E-state index >= 15 is 0 Å². The summed E-state index contributed by atoms with van der Waals surface area (Å²) in [7, 11) is 0. The van der Waals surface area contributed by atoms with Gasteiger partial charge in [-0.05, 0) is 25.2 Å². The van der Waals surface area contributed by atoms with E-state index in [2.05, 4.69) is 12.2 Å². The monoisotopic (exact) mass is 165 g/mol. The highest BCUT2D eigenvalue weighted by molar-refractivity contribution is 5.73. The van der Waals surface area contributed by atoms with Gasteiger partial charge in [-0.2, -0.15) is 0 Å². The molecular weight excluding hydrogens is 150 g/mol. The molecule has 2 heteroatoms. The summed E-state index contributed by atoms with van der Waals surface area (Å²) in [5.74, 6) is 0.994. The Kier molecular flexibility index (Phi) is 1.91. The van der Waals surface area contributed by atoms with Gasteiger partial charge in [0.2, 0.25) is 5.91 Å². The minimum Gasteiger partial charge on any atom is -0.340 e. The van der Waals surface area contributed by atoms with E-state index in [4.69, 9.17) is 0 Å². The van der Waals surface area contributed by atoms with Crippen molar-refractivity contribution in [1.29, 1.82) is 0 Å². The van der Waals surface area contributed by atoms with Gasteiger partial charge < -0.3 is 4.90 Å². The van der Waals surface area contributed by atoms with E-state index in [-0.39, 0.29) is 5.91 Å². The maximum Gasteiger partial charge on any atom is 0.219 e. The molecular formula is C10H15NO. The fourth-order valence-corrected chi connectivity index (χ4v) is 2.32. The van der Waals surface area contributed by atoms with Crippen LogP contribution in [0.25, 0.3) is 0 Å². The Hall–Kier alpha value is -0.790. The van der Waals surface area contributed by atoms with Crippen LogP contribution in [-0.4, -0.2) is 23.4 Å². The van der Waals surface area contributed by atoms with Gasteiger partial charge in [-0.3, -0.25) is 4.79 Å². The Bertz CT molecular complexity index is 222. The molecule has 2 unspecified atom stereocenters. The van der Waals surface area contributed by atoms with Crippen molar-refractivity contribution in [3.05, 3.63) is 12.2 Å². The molecule has 1 heterocycles. The highest BCUT2D eigenvalue weighted by Gasteiger charge is 2.29. The number of rotatable bonds is 0. The van der Waals surface area contributed by atoms with Crippen LogP contribution < -0.4 is 0 Å². The molecule has 2 rings (SSSR count). The standard InChI is InChI=1S/C10H15NO/c1-8(12)11-6-5-9-3-2-4-10(11)7-9/h2-3,9-10H,4-7H2,1H3. The molecule has 0 aromatic rings. The Morgan fingerprint density at radius 1 is 1.58 bits per heavy atom. The lowest BCUT2D eigenvalue weighted by Crippen LogP contribution is -2.45. The molecule has 12 heavy (non-hydrogen) atoms. The van der Waals surface area contributed by atoms with Gasteiger partial charge in [0.15, 0.2) is 0 Å². The maximum atomic E-state index is 11.2. The number of hydrogen-bond donors (Lipinski definition) is 0. The zero-order chi connectivity index (χ0) is 8.55. The van der Waals surface area contributed by atoms with Crippen molar-refractivity contribution in [3.8, 4) is 0 Å². The smallest absolute Gasteiger partial charge is 0.219 e. The second kappa shape index (κ2) is 2.92. The first-order chi connectivity index (χ1) is 5.77. The van der Waals surface area contributed by atoms with Crippen LogP contribution in [-0.2, 0) is 4.79 Å². The molecule has 0 aromatic heterocycles. The zero-order valence-electron chi connectivity index (χ0n) is 7.49. The number of carbonyl (C=O) groups is 1. The average molecular weight is 165 g/mol. The summed E-state index contributed by atoms with van der Waals surface area (Å²) >= 11 is 0. The van der Waals surface area contributed by atoms with Gasteiger partial charge in [0, 0.05) is 19.5 Å². The molecule has 1 fully saturated rings. The average Bonchev–Trinajstić information content (AvgIpc) is 2.04. The number of fused-ring (bicyclic) bond motifs is 2. The number of nitrogens with zero attached hydrogens (tertiary/aromatic N) is 1. The number of piperidine rings is 1. The van der Waals surface area contributed by atoms with E-state index in [0.717, 1.165) is 25.3 Å². The van der Waals surface area contributed by atoms with Crippen LogP contribution in [0.2, 0.25) is 0 Å². The van der Waals surface area contributed by atoms with E-state index in [1.165, 1.54) is 6.42 Å². The summed E-state index contributed by atoms with van der Waals surface area (Å²) in [5.41, 5.74) is 0. The largest absolute Gasteiger partial charge is 0.340 e. The Morgan fingerprint density at radius 2 is 2.42 bits per heavy atom. The molecule has 1 saturated heterocycles. The Balaban J connectivity index is 2.11. The summed E-state index contributed by atoms with van der Waals surface area (Å²) in [5, 5.41) is 0. The molecule has 0 spiro atoms. The second-order valence-electron chi connectivity index (χ2n) is 3.81. The number of carbonyl (C=O) groups excluding carboxylic acids is 1. The van der Waals surface area contributed by atoms with Crippen molar-refractivity contribution in [2.75, 3.05) is 6.54 Å². The highest BCUT2D eigenvalue weighted by Crippen LogP contribution is 2.29. The van der Waals surface area contributed by atoms with Gasteiger partial charge in [-0.15, -0.1) is 0 Å². The van der Waals surface area contributed by atoms with Gasteiger partial charge >= 0.3 is 0 Å². The van der Waals surface area contributed by atoms with E-state index in [1.807, 2.05) is 4.90 Å². The van der Waals surface area contributed by atoms with Crippen molar-refractivity contribution in [2.45, 2.75) is 32.2 Å². The molecule has 66 valence electrons. The van der Waals surface area contributed by atoms with E-state index in [0.29, 0.717) is 6.04 Å². The number of allylic oxidation sites excluding steroid dienone is 1. The normalized spacial score (nSPS) is 33.6. The van der Waals surface area contributed by atoms with E-state index in [9.17, 15) is 4.79 Å². The topological polar surface area (TPSA) is 20.3 Å². The highest BCUT2D eigenvalue weighted by atomic mass is 16.2. The third-order valence-electron chi connectivity index (χ3n) is 2.98. The van der Waals surface area contributed by atoms with E-state index in [1.54, 1.807) is 6.92 Å². The molecule has 1 aliphatic heterocycles. The third-order valence-corrected chi connectivity index (χ3v) is 2.98. The fraction of sp³-hybridized carbons (Fsp3) is 0.700. The SMILES string of the molecule is CC(=O)N1CCC2C=CCC1C2. The van der Waals surface area contributed by atoms with Crippen molar-refractivity contribution < 1.29 is 4.79 Å². The van der Waals surface area contributed by atoms with Gasteiger partial charge in [-0.25, -0.2) is 0 Å². The van der Waals surface area contributed by atoms with Crippen LogP contribution in [0.1, 0.15) is 26.2 Å². The first-order valence-electron chi connectivity index (χ1n) is 4.71. The first kappa shape index (κ1) is 7.84. The first-order valence-corrected chi connectivity index (χ1v) is 4.71. The Morgan fingerprint density at radius 3 is 3.17 bits per heavy atom. The molecule has 0 N–H and O–H groups in total. The lowest BCUT2D eigenvalue weighted by molar-refractivity contribution is -0.133. The molecule has 2 aliphatic rings. The van der Waals surface area contributed by atoms with Crippen LogP contribution in [0.3, 0.4) is 0 Å². The van der Waals surface area contributed by atoms with Crippen LogP contribution in [0.15, 0.2) is 12.2 Å². The summed E-state index contributed by atoms with van der Waals surface area (Å²) in [4.78, 5) is 13.2. The minimum atomic E-state index is 0.244. The van der Waals surface area contributed by atoms with Gasteiger partial charge in [-0.1, -0.05) is 12.2 Å². The quantitative estimate of drug-likeness (QED) is 0.499. The van der Waals surface area contributed by atoms with Crippen molar-refractivity contribution in [1.82, 2.24) is 4.90 Å². The molecule has 0 radical (unpaired) electrons. The predicted molar refractivity (Wildman–Crippen MR) is 47.7 cm³/mol. The van der Waals surface area contributed by atoms with Crippen molar-refractivity contribution >= 4 is 5.91 Å². The van der Waals surface area contributed by atoms with Crippen LogP contribution >= 0.6 is 0 Å². The van der Waals surface area contributed by atoms with E-state index < -0.39 is 0 Å². The lowest BCUT2D eigenvalue weighted by atomic mass is 9.84. The minimum absolute atomic E-state index is 0.244. The van der Waals surface area contributed by atoms with Crippen molar-refractivity contribution in [2.24, 2.45) is 5.92 Å². The fourth-order valence-electron chi connectivity index (χ4n) is 2.32. The molecule has 0 saturated carbocycles.